The largest absolute Gasteiger partial charge is 0.347 e. The Labute approximate surface area is 117 Å². The quantitative estimate of drug-likeness (QED) is 0.790. The molecule has 0 saturated carbocycles. The number of nitrogens with two attached hydrogens (primary N) is 1. The Hall–Kier alpha value is -2.14. The number of para-hydroxylation sites is 1. The number of benzene rings is 1. The molecule has 20 heavy (non-hydrogen) atoms. The molecule has 0 spiro atoms. The minimum atomic E-state index is 0.630. The fourth-order valence-electron chi connectivity index (χ4n) is 2.51. The van der Waals surface area contributed by atoms with Crippen LogP contribution in [0.1, 0.15) is 18.0 Å². The second kappa shape index (κ2) is 5.09. The van der Waals surface area contributed by atoms with E-state index in [1.165, 1.54) is 5.52 Å². The minimum Gasteiger partial charge on any atom is -0.347 e. The lowest BCUT2D eigenvalue weighted by atomic mass is 10.1. The molecule has 0 aliphatic carbocycles. The van der Waals surface area contributed by atoms with E-state index < -0.39 is 0 Å². The van der Waals surface area contributed by atoms with Gasteiger partial charge >= 0.3 is 0 Å². The van der Waals surface area contributed by atoms with Crippen LogP contribution in [0.4, 0.5) is 0 Å². The molecule has 0 amide bonds. The van der Waals surface area contributed by atoms with Crippen LogP contribution in [0.2, 0.25) is 0 Å². The molecule has 5 heteroatoms. The van der Waals surface area contributed by atoms with E-state index in [1.807, 2.05) is 12.1 Å². The lowest BCUT2D eigenvalue weighted by Crippen LogP contribution is -2.00. The van der Waals surface area contributed by atoms with E-state index in [-0.39, 0.29) is 0 Å². The normalized spacial score (nSPS) is 11.3. The molecule has 3 rings (SSSR count). The third-order valence-electron chi connectivity index (χ3n) is 3.69. The molecular formula is C15H18N4O. The summed E-state index contributed by atoms with van der Waals surface area (Å²) < 4.78 is 7.46. The molecule has 104 valence electrons. The Kier molecular flexibility index (Phi) is 3.28. The Morgan fingerprint density at radius 2 is 2.10 bits per heavy atom. The highest BCUT2D eigenvalue weighted by Crippen LogP contribution is 2.32. The van der Waals surface area contributed by atoms with Gasteiger partial charge in [-0.1, -0.05) is 23.4 Å². The molecular weight excluding hydrogens is 252 g/mol. The number of hydrogen-bond acceptors (Lipinski definition) is 4. The first-order valence-electron chi connectivity index (χ1n) is 6.79. The lowest BCUT2D eigenvalue weighted by molar-refractivity contribution is 0.376. The minimum absolute atomic E-state index is 0.630. The van der Waals surface area contributed by atoms with E-state index in [9.17, 15) is 0 Å². The summed E-state index contributed by atoms with van der Waals surface area (Å²) >= 11 is 0. The summed E-state index contributed by atoms with van der Waals surface area (Å²) in [4.78, 5) is 4.50. The van der Waals surface area contributed by atoms with Gasteiger partial charge < -0.3 is 14.8 Å². The van der Waals surface area contributed by atoms with Gasteiger partial charge in [0.1, 0.15) is 0 Å². The van der Waals surface area contributed by atoms with Crippen molar-refractivity contribution in [3.8, 4) is 11.4 Å². The summed E-state index contributed by atoms with van der Waals surface area (Å²) in [6.07, 6.45) is 1.59. The van der Waals surface area contributed by atoms with E-state index in [2.05, 4.69) is 40.8 Å². The molecule has 0 fully saturated rings. The van der Waals surface area contributed by atoms with E-state index in [1.54, 1.807) is 0 Å². The predicted octanol–water partition coefficient (Wildman–Crippen LogP) is 2.43. The third kappa shape index (κ3) is 2.00. The maximum Gasteiger partial charge on any atom is 0.227 e. The van der Waals surface area contributed by atoms with Gasteiger partial charge in [-0.05, 0) is 26.0 Å². The highest BCUT2D eigenvalue weighted by Gasteiger charge is 2.18. The van der Waals surface area contributed by atoms with Gasteiger partial charge in [0.05, 0.1) is 5.56 Å². The number of rotatable bonds is 4. The molecule has 2 N–H and O–H groups in total. The molecule has 0 saturated heterocycles. The molecule has 0 unspecified atom stereocenters. The van der Waals surface area contributed by atoms with Crippen molar-refractivity contribution in [2.75, 3.05) is 6.54 Å². The number of fused-ring (bicyclic) bond motifs is 1. The fourth-order valence-corrected chi connectivity index (χ4v) is 2.51. The zero-order chi connectivity index (χ0) is 14.1. The standard InChI is InChI=1S/C15H18N4O/c1-10-14(11-6-3-4-7-12(11)19(10)2)15-17-13(20-18-15)8-5-9-16/h3-4,6-7H,5,8-9,16H2,1-2H3. The molecule has 2 aromatic heterocycles. The zero-order valence-electron chi connectivity index (χ0n) is 11.8. The summed E-state index contributed by atoms with van der Waals surface area (Å²) in [7, 11) is 2.05. The van der Waals surface area contributed by atoms with Gasteiger partial charge in [-0.15, -0.1) is 0 Å². The van der Waals surface area contributed by atoms with Crippen LogP contribution in [-0.2, 0) is 13.5 Å². The first-order valence-corrected chi connectivity index (χ1v) is 6.79. The summed E-state index contributed by atoms with van der Waals surface area (Å²) in [5, 5.41) is 5.27. The lowest BCUT2D eigenvalue weighted by Gasteiger charge is -1.97. The molecule has 0 aliphatic heterocycles. The van der Waals surface area contributed by atoms with Crippen molar-refractivity contribution >= 4 is 10.9 Å². The van der Waals surface area contributed by atoms with Crippen LogP contribution in [0.5, 0.6) is 0 Å². The molecule has 0 aliphatic rings. The van der Waals surface area contributed by atoms with Gasteiger partial charge in [-0.25, -0.2) is 0 Å². The molecule has 0 radical (unpaired) electrons. The van der Waals surface area contributed by atoms with Crippen molar-refractivity contribution in [3.05, 3.63) is 35.9 Å². The smallest absolute Gasteiger partial charge is 0.227 e. The van der Waals surface area contributed by atoms with E-state index in [0.717, 1.165) is 29.5 Å². The maximum atomic E-state index is 5.50. The van der Waals surface area contributed by atoms with Gasteiger partial charge in [0, 0.05) is 30.1 Å². The van der Waals surface area contributed by atoms with Crippen molar-refractivity contribution in [2.24, 2.45) is 12.8 Å². The summed E-state index contributed by atoms with van der Waals surface area (Å²) in [5.41, 5.74) is 8.86. The number of aromatic nitrogens is 3. The van der Waals surface area contributed by atoms with E-state index in [0.29, 0.717) is 18.3 Å². The molecule has 0 bridgehead atoms. The number of hydrogen-bond donors (Lipinski definition) is 1. The van der Waals surface area contributed by atoms with E-state index in [4.69, 9.17) is 10.3 Å². The molecule has 1 aromatic carbocycles. The van der Waals surface area contributed by atoms with Crippen molar-refractivity contribution in [2.45, 2.75) is 19.8 Å². The van der Waals surface area contributed by atoms with Crippen LogP contribution in [0.15, 0.2) is 28.8 Å². The van der Waals surface area contributed by atoms with Gasteiger partial charge in [0.15, 0.2) is 0 Å². The van der Waals surface area contributed by atoms with Gasteiger partial charge in [0.25, 0.3) is 0 Å². The number of aryl methyl sites for hydroxylation is 2. The summed E-state index contributed by atoms with van der Waals surface area (Å²) in [6.45, 7) is 2.70. The van der Waals surface area contributed by atoms with Crippen LogP contribution in [0.3, 0.4) is 0 Å². The Morgan fingerprint density at radius 3 is 2.90 bits per heavy atom. The second-order valence-electron chi connectivity index (χ2n) is 4.94. The van der Waals surface area contributed by atoms with Crippen molar-refractivity contribution < 1.29 is 4.52 Å². The van der Waals surface area contributed by atoms with Crippen LogP contribution in [-0.4, -0.2) is 21.3 Å². The molecule has 0 atom stereocenters. The Balaban J connectivity index is 2.10. The van der Waals surface area contributed by atoms with Gasteiger partial charge in [-0.3, -0.25) is 0 Å². The van der Waals surface area contributed by atoms with Gasteiger partial charge in [0.2, 0.25) is 11.7 Å². The average molecular weight is 270 g/mol. The maximum absolute atomic E-state index is 5.50. The van der Waals surface area contributed by atoms with Crippen LogP contribution >= 0.6 is 0 Å². The summed E-state index contributed by atoms with van der Waals surface area (Å²) in [5.74, 6) is 1.31. The molecule has 5 nitrogen and oxygen atoms in total. The fraction of sp³-hybridized carbons (Fsp3) is 0.333. The SMILES string of the molecule is Cc1c(-c2noc(CCCN)n2)c2ccccc2n1C. The first kappa shape index (κ1) is 12.9. The summed E-state index contributed by atoms with van der Waals surface area (Å²) in [6, 6.07) is 8.25. The van der Waals surface area contributed by atoms with Crippen molar-refractivity contribution in [1.29, 1.82) is 0 Å². The van der Waals surface area contributed by atoms with E-state index >= 15 is 0 Å². The monoisotopic (exact) mass is 270 g/mol. The Bertz CT molecular complexity index is 741. The topological polar surface area (TPSA) is 69.9 Å². The third-order valence-corrected chi connectivity index (χ3v) is 3.69. The molecule has 2 heterocycles. The van der Waals surface area contributed by atoms with Crippen LogP contribution < -0.4 is 5.73 Å². The Morgan fingerprint density at radius 1 is 1.30 bits per heavy atom. The highest BCUT2D eigenvalue weighted by molar-refractivity contribution is 5.96. The van der Waals surface area contributed by atoms with Crippen molar-refractivity contribution in [1.82, 2.24) is 14.7 Å². The van der Waals surface area contributed by atoms with Crippen LogP contribution in [0.25, 0.3) is 22.3 Å². The number of nitrogens with zero attached hydrogens (tertiary/aromatic N) is 3. The second-order valence-corrected chi connectivity index (χ2v) is 4.94. The highest BCUT2D eigenvalue weighted by atomic mass is 16.5. The average Bonchev–Trinajstić information content (AvgIpc) is 3.02. The zero-order valence-corrected chi connectivity index (χ0v) is 11.8. The van der Waals surface area contributed by atoms with Gasteiger partial charge in [-0.2, -0.15) is 4.98 Å². The first-order chi connectivity index (χ1) is 9.72. The molecule has 3 aromatic rings. The van der Waals surface area contributed by atoms with Crippen LogP contribution in [0, 0.1) is 6.92 Å². The van der Waals surface area contributed by atoms with Crippen molar-refractivity contribution in [3.63, 3.8) is 0 Å². The predicted molar refractivity (Wildman–Crippen MR) is 78.3 cm³/mol.